The third kappa shape index (κ3) is 9.39. The Hall–Kier alpha value is -2.40. The second-order valence-electron chi connectivity index (χ2n) is 6.74. The van der Waals surface area contributed by atoms with Gasteiger partial charge in [-0.05, 0) is 43.7 Å². The summed E-state index contributed by atoms with van der Waals surface area (Å²) in [4.78, 5) is 4.64. The average Bonchev–Trinajstić information content (AvgIpc) is 2.79. The van der Waals surface area contributed by atoms with Crippen LogP contribution in [0.4, 0.5) is 0 Å². The molecule has 0 aliphatic rings. The van der Waals surface area contributed by atoms with E-state index in [0.29, 0.717) is 30.5 Å². The molecule has 1 atom stereocenters. The molecule has 0 amide bonds. The maximum atomic E-state index is 8.93. The predicted molar refractivity (Wildman–Crippen MR) is 137 cm³/mol. The highest BCUT2D eigenvalue weighted by molar-refractivity contribution is 14.0. The molecule has 0 aromatic heterocycles. The molecule has 0 aliphatic carbocycles. The number of aliphatic hydroxyl groups is 1. The van der Waals surface area contributed by atoms with Gasteiger partial charge < -0.3 is 34.7 Å². The summed E-state index contributed by atoms with van der Waals surface area (Å²) in [5.74, 6) is 3.42. The minimum atomic E-state index is -0.0704. The first kappa shape index (κ1) is 27.6. The fourth-order valence-electron chi connectivity index (χ4n) is 2.79. The van der Waals surface area contributed by atoms with Crippen LogP contribution in [-0.2, 0) is 6.54 Å². The van der Waals surface area contributed by atoms with Gasteiger partial charge in [-0.25, -0.2) is 4.99 Å². The largest absolute Gasteiger partial charge is 0.497 e. The van der Waals surface area contributed by atoms with Crippen molar-refractivity contribution in [3.05, 3.63) is 48.0 Å². The first-order valence-corrected chi connectivity index (χ1v) is 10.3. The summed E-state index contributed by atoms with van der Waals surface area (Å²) in [6, 6.07) is 13.2. The lowest BCUT2D eigenvalue weighted by atomic mass is 10.2. The van der Waals surface area contributed by atoms with Crippen molar-refractivity contribution >= 4 is 29.9 Å². The van der Waals surface area contributed by atoms with Gasteiger partial charge in [0.15, 0.2) is 17.5 Å². The number of halogens is 1. The Bertz CT molecular complexity index is 835. The second-order valence-corrected chi connectivity index (χ2v) is 6.74. The van der Waals surface area contributed by atoms with Gasteiger partial charge in [-0.2, -0.15) is 0 Å². The van der Waals surface area contributed by atoms with Crippen molar-refractivity contribution in [3.63, 3.8) is 0 Å². The molecule has 0 bridgehead atoms. The van der Waals surface area contributed by atoms with E-state index in [9.17, 15) is 0 Å². The van der Waals surface area contributed by atoms with Crippen LogP contribution in [-0.4, -0.2) is 57.7 Å². The number of rotatable bonds is 12. The Morgan fingerprint density at radius 1 is 1.03 bits per heavy atom. The molecule has 2 aromatic rings. The number of benzene rings is 2. The summed E-state index contributed by atoms with van der Waals surface area (Å²) in [5, 5.41) is 15.5. The predicted octanol–water partition coefficient (Wildman–Crippen LogP) is 3.22. The Morgan fingerprint density at radius 2 is 1.81 bits per heavy atom. The van der Waals surface area contributed by atoms with Gasteiger partial charge in [0.05, 0.1) is 33.9 Å². The molecule has 178 valence electrons. The Labute approximate surface area is 207 Å². The van der Waals surface area contributed by atoms with Crippen LogP contribution >= 0.6 is 24.0 Å². The molecule has 9 heteroatoms. The van der Waals surface area contributed by atoms with E-state index in [0.717, 1.165) is 23.6 Å². The lowest BCUT2D eigenvalue weighted by molar-refractivity contribution is 0.196. The van der Waals surface area contributed by atoms with Crippen LogP contribution in [0, 0.1) is 0 Å². The minimum absolute atomic E-state index is 0. The molecule has 2 rings (SSSR count). The van der Waals surface area contributed by atoms with Crippen LogP contribution in [0.5, 0.6) is 23.0 Å². The number of hydrogen-bond donors (Lipinski definition) is 3. The molecule has 8 nitrogen and oxygen atoms in total. The maximum absolute atomic E-state index is 8.93. The maximum Gasteiger partial charge on any atom is 0.191 e. The summed E-state index contributed by atoms with van der Waals surface area (Å²) >= 11 is 0. The quantitative estimate of drug-likeness (QED) is 0.209. The van der Waals surface area contributed by atoms with E-state index in [1.165, 1.54) is 0 Å². The molecule has 1 unspecified atom stereocenters. The molecule has 32 heavy (non-hydrogen) atoms. The van der Waals surface area contributed by atoms with E-state index in [2.05, 4.69) is 15.6 Å². The van der Waals surface area contributed by atoms with Gasteiger partial charge in [0, 0.05) is 12.6 Å². The zero-order valence-corrected chi connectivity index (χ0v) is 21.4. The SMILES string of the molecule is CCNC(=NCc1ccc(OCCO)c(OC)c1)NCC(C)Oc1cccc(OC)c1.I. The van der Waals surface area contributed by atoms with Gasteiger partial charge >= 0.3 is 0 Å². The topological polar surface area (TPSA) is 93.6 Å². The highest BCUT2D eigenvalue weighted by Crippen LogP contribution is 2.28. The third-order valence-corrected chi connectivity index (χ3v) is 4.28. The number of methoxy groups -OCH3 is 2. The molecular formula is C23H34IN3O5. The van der Waals surface area contributed by atoms with E-state index in [4.69, 9.17) is 24.1 Å². The number of ether oxygens (including phenoxy) is 4. The normalized spacial score (nSPS) is 11.7. The fourth-order valence-corrected chi connectivity index (χ4v) is 2.79. The van der Waals surface area contributed by atoms with Crippen molar-refractivity contribution < 1.29 is 24.1 Å². The standard InChI is InChI=1S/C23H33N3O5.HI/c1-5-24-23(25-15-17(2)31-20-8-6-7-19(14-20)28-3)26-16-18-9-10-21(30-12-11-27)22(13-18)29-4;/h6-10,13-14,17,27H,5,11-12,15-16H2,1-4H3,(H2,24,25,26);1H. The molecule has 2 aromatic carbocycles. The van der Waals surface area contributed by atoms with Crippen molar-refractivity contribution in [3.8, 4) is 23.0 Å². The van der Waals surface area contributed by atoms with Crippen molar-refractivity contribution in [2.45, 2.75) is 26.5 Å². The Balaban J connectivity index is 0.00000512. The Kier molecular flexibility index (Phi) is 13.3. The third-order valence-electron chi connectivity index (χ3n) is 4.28. The van der Waals surface area contributed by atoms with Gasteiger partial charge in [0.1, 0.15) is 24.2 Å². The van der Waals surface area contributed by atoms with E-state index in [1.807, 2.05) is 56.3 Å². The average molecular weight is 559 g/mol. The highest BCUT2D eigenvalue weighted by atomic mass is 127. The van der Waals surface area contributed by atoms with E-state index in [1.54, 1.807) is 14.2 Å². The lowest BCUT2D eigenvalue weighted by Gasteiger charge is -2.18. The number of aliphatic hydroxyl groups excluding tert-OH is 1. The first-order valence-electron chi connectivity index (χ1n) is 10.3. The second kappa shape index (κ2) is 15.4. The van der Waals surface area contributed by atoms with Gasteiger partial charge in [0.2, 0.25) is 0 Å². The number of nitrogens with one attached hydrogen (secondary N) is 2. The summed E-state index contributed by atoms with van der Waals surface area (Å²) in [6.45, 7) is 5.98. The molecule has 0 saturated carbocycles. The monoisotopic (exact) mass is 559 g/mol. The number of aliphatic imine (C=N–C) groups is 1. The summed E-state index contributed by atoms with van der Waals surface area (Å²) in [7, 11) is 3.22. The van der Waals surface area contributed by atoms with E-state index in [-0.39, 0.29) is 43.3 Å². The zero-order valence-electron chi connectivity index (χ0n) is 19.1. The molecule has 0 radical (unpaired) electrons. The number of guanidine groups is 1. The van der Waals surface area contributed by atoms with Crippen LogP contribution in [0.25, 0.3) is 0 Å². The van der Waals surface area contributed by atoms with Crippen LogP contribution in [0.3, 0.4) is 0 Å². The molecule has 0 saturated heterocycles. The highest BCUT2D eigenvalue weighted by Gasteiger charge is 2.08. The summed E-state index contributed by atoms with van der Waals surface area (Å²) in [5.41, 5.74) is 0.978. The molecular weight excluding hydrogens is 525 g/mol. The summed E-state index contributed by atoms with van der Waals surface area (Å²) < 4.78 is 22.0. The summed E-state index contributed by atoms with van der Waals surface area (Å²) in [6.07, 6.45) is -0.0704. The van der Waals surface area contributed by atoms with Gasteiger partial charge in [0.25, 0.3) is 0 Å². The van der Waals surface area contributed by atoms with Gasteiger partial charge in [-0.3, -0.25) is 0 Å². The molecule has 3 N–H and O–H groups in total. The zero-order chi connectivity index (χ0) is 22.5. The minimum Gasteiger partial charge on any atom is -0.497 e. The molecule has 0 fully saturated rings. The van der Waals surface area contributed by atoms with Crippen LogP contribution in [0.1, 0.15) is 19.4 Å². The number of hydrogen-bond acceptors (Lipinski definition) is 6. The van der Waals surface area contributed by atoms with E-state index < -0.39 is 0 Å². The van der Waals surface area contributed by atoms with Crippen LogP contribution in [0.2, 0.25) is 0 Å². The van der Waals surface area contributed by atoms with Crippen molar-refractivity contribution in [1.29, 1.82) is 0 Å². The molecule has 0 aliphatic heterocycles. The lowest BCUT2D eigenvalue weighted by Crippen LogP contribution is -2.41. The Morgan fingerprint density at radius 3 is 2.50 bits per heavy atom. The smallest absolute Gasteiger partial charge is 0.191 e. The number of nitrogens with zero attached hydrogens (tertiary/aromatic N) is 1. The van der Waals surface area contributed by atoms with Crippen LogP contribution < -0.4 is 29.6 Å². The van der Waals surface area contributed by atoms with E-state index >= 15 is 0 Å². The van der Waals surface area contributed by atoms with Crippen molar-refractivity contribution in [2.75, 3.05) is 40.5 Å². The van der Waals surface area contributed by atoms with Crippen molar-refractivity contribution in [2.24, 2.45) is 4.99 Å². The van der Waals surface area contributed by atoms with Gasteiger partial charge in [-0.1, -0.05) is 12.1 Å². The first-order chi connectivity index (χ1) is 15.1. The molecule has 0 spiro atoms. The van der Waals surface area contributed by atoms with Crippen molar-refractivity contribution in [1.82, 2.24) is 10.6 Å². The fraction of sp³-hybridized carbons (Fsp3) is 0.435. The van der Waals surface area contributed by atoms with Crippen LogP contribution in [0.15, 0.2) is 47.5 Å². The van der Waals surface area contributed by atoms with Gasteiger partial charge in [-0.15, -0.1) is 24.0 Å². The molecule has 0 heterocycles.